The quantitative estimate of drug-likeness (QED) is 0.636. The molecule has 0 atom stereocenters. The number of carbonyl (C=O) groups is 1. The molecule has 8 nitrogen and oxygen atoms in total. The van der Waals surface area contributed by atoms with Crippen LogP contribution < -0.4 is 11.2 Å². The summed E-state index contributed by atoms with van der Waals surface area (Å²) in [6.45, 7) is 6.39. The molecule has 0 spiro atoms. The van der Waals surface area contributed by atoms with Gasteiger partial charge in [0.15, 0.2) is 11.2 Å². The third kappa shape index (κ3) is 3.62. The minimum absolute atomic E-state index is 0.0595. The van der Waals surface area contributed by atoms with E-state index in [2.05, 4.69) is 25.8 Å². The number of aromatic nitrogens is 4. The fourth-order valence-electron chi connectivity index (χ4n) is 2.97. The Balaban J connectivity index is 1.74. The van der Waals surface area contributed by atoms with Crippen molar-refractivity contribution in [3.63, 3.8) is 0 Å². The highest BCUT2D eigenvalue weighted by atomic mass is 16.5. The number of hydrogen-bond donors (Lipinski definition) is 0. The number of carbonyl (C=O) groups excluding carboxylic acids is 1. The molecule has 0 saturated heterocycles. The molecule has 148 valence electrons. The lowest BCUT2D eigenvalue weighted by molar-refractivity contribution is -0.145. The lowest BCUT2D eigenvalue weighted by Crippen LogP contribution is -2.37. The molecular formula is C20H24N4O4. The summed E-state index contributed by atoms with van der Waals surface area (Å²) in [4.78, 5) is 40.7. The van der Waals surface area contributed by atoms with Gasteiger partial charge in [0, 0.05) is 14.1 Å². The van der Waals surface area contributed by atoms with Crippen LogP contribution in [0.5, 0.6) is 0 Å². The van der Waals surface area contributed by atoms with E-state index in [9.17, 15) is 14.4 Å². The van der Waals surface area contributed by atoms with Gasteiger partial charge in [-0.2, -0.15) is 0 Å². The lowest BCUT2D eigenvalue weighted by Gasteiger charge is -2.19. The number of rotatable bonds is 4. The minimum atomic E-state index is -0.499. The van der Waals surface area contributed by atoms with E-state index in [1.807, 2.05) is 24.3 Å². The van der Waals surface area contributed by atoms with Gasteiger partial charge in [0.25, 0.3) is 5.56 Å². The van der Waals surface area contributed by atoms with Crippen molar-refractivity contribution in [1.29, 1.82) is 0 Å². The first-order valence-electron chi connectivity index (χ1n) is 8.95. The third-order valence-electron chi connectivity index (χ3n) is 4.74. The highest BCUT2D eigenvalue weighted by molar-refractivity contribution is 5.75. The van der Waals surface area contributed by atoms with Gasteiger partial charge in [0.1, 0.15) is 13.2 Å². The van der Waals surface area contributed by atoms with Gasteiger partial charge in [-0.1, -0.05) is 45.0 Å². The number of aryl methyl sites for hydroxylation is 1. The van der Waals surface area contributed by atoms with E-state index in [0.717, 1.165) is 10.1 Å². The maximum absolute atomic E-state index is 12.4. The maximum Gasteiger partial charge on any atom is 0.332 e. The molecule has 0 aliphatic carbocycles. The van der Waals surface area contributed by atoms with Gasteiger partial charge in [-0.25, -0.2) is 9.78 Å². The molecule has 28 heavy (non-hydrogen) atoms. The first-order chi connectivity index (χ1) is 13.1. The van der Waals surface area contributed by atoms with Crippen molar-refractivity contribution < 1.29 is 9.53 Å². The molecule has 8 heteroatoms. The molecule has 0 amide bonds. The van der Waals surface area contributed by atoms with Crippen LogP contribution in [0.3, 0.4) is 0 Å². The zero-order valence-corrected chi connectivity index (χ0v) is 16.7. The Bertz CT molecular complexity index is 1140. The summed E-state index contributed by atoms with van der Waals surface area (Å²) in [5, 5.41) is 0. The highest BCUT2D eigenvalue weighted by Crippen LogP contribution is 2.22. The molecule has 3 aromatic rings. The molecule has 0 N–H and O–H groups in total. The molecule has 3 rings (SSSR count). The standard InChI is InChI=1S/C20H24N4O4/c1-20(2,3)14-8-6-13(7-9-14)11-28-15(25)10-24-12-21-17-16(24)18(26)23(5)19(27)22(17)4/h6-9,12H,10-11H2,1-5H3. The van der Waals surface area contributed by atoms with E-state index in [4.69, 9.17) is 4.74 Å². The number of fused-ring (bicyclic) bond motifs is 1. The molecule has 0 saturated carbocycles. The Kier molecular flexibility index (Phi) is 4.97. The highest BCUT2D eigenvalue weighted by Gasteiger charge is 2.17. The fraction of sp³-hybridized carbons (Fsp3) is 0.400. The summed E-state index contributed by atoms with van der Waals surface area (Å²) in [7, 11) is 2.92. The molecule has 2 aromatic heterocycles. The first-order valence-corrected chi connectivity index (χ1v) is 8.95. The molecule has 0 radical (unpaired) electrons. The number of hydrogen-bond acceptors (Lipinski definition) is 5. The monoisotopic (exact) mass is 384 g/mol. The van der Waals surface area contributed by atoms with Crippen LogP contribution in [-0.4, -0.2) is 24.7 Å². The van der Waals surface area contributed by atoms with Gasteiger partial charge in [0.05, 0.1) is 6.33 Å². The van der Waals surface area contributed by atoms with Crippen LogP contribution in [-0.2, 0) is 42.2 Å². The topological polar surface area (TPSA) is 88.1 Å². The summed E-state index contributed by atoms with van der Waals surface area (Å²) >= 11 is 0. The zero-order valence-electron chi connectivity index (χ0n) is 16.7. The molecule has 0 aliphatic heterocycles. The summed E-state index contributed by atoms with van der Waals surface area (Å²) in [6.07, 6.45) is 1.37. The van der Waals surface area contributed by atoms with Crippen LogP contribution >= 0.6 is 0 Å². The molecule has 0 aliphatic rings. The van der Waals surface area contributed by atoms with Crippen molar-refractivity contribution in [3.05, 3.63) is 62.6 Å². The van der Waals surface area contributed by atoms with Gasteiger partial charge in [-0.15, -0.1) is 0 Å². The van der Waals surface area contributed by atoms with Gasteiger partial charge >= 0.3 is 11.7 Å². The Morgan fingerprint density at radius 2 is 1.71 bits per heavy atom. The van der Waals surface area contributed by atoms with Crippen molar-refractivity contribution in [2.24, 2.45) is 14.1 Å². The second kappa shape index (κ2) is 7.10. The largest absolute Gasteiger partial charge is 0.459 e. The average molecular weight is 384 g/mol. The van der Waals surface area contributed by atoms with E-state index in [-0.39, 0.29) is 29.7 Å². The van der Waals surface area contributed by atoms with Crippen LogP contribution in [0.2, 0.25) is 0 Å². The Labute approximate surface area is 162 Å². The second-order valence-corrected chi connectivity index (χ2v) is 7.86. The average Bonchev–Trinajstić information content (AvgIpc) is 3.06. The summed E-state index contributed by atoms with van der Waals surface area (Å²) in [6, 6.07) is 7.92. The zero-order chi connectivity index (χ0) is 20.6. The van der Waals surface area contributed by atoms with Gasteiger partial charge < -0.3 is 9.30 Å². The van der Waals surface area contributed by atoms with E-state index in [0.29, 0.717) is 0 Å². The first kappa shape index (κ1) is 19.6. The molecule has 0 unspecified atom stereocenters. The van der Waals surface area contributed by atoms with Gasteiger partial charge in [-0.05, 0) is 16.5 Å². The molecule has 2 heterocycles. The van der Waals surface area contributed by atoms with Crippen molar-refractivity contribution in [2.75, 3.05) is 0 Å². The molecule has 0 fully saturated rings. The number of esters is 1. The Hall–Kier alpha value is -3.16. The third-order valence-corrected chi connectivity index (χ3v) is 4.74. The summed E-state index contributed by atoms with van der Waals surface area (Å²) < 4.78 is 9.00. The number of nitrogens with zero attached hydrogens (tertiary/aromatic N) is 4. The van der Waals surface area contributed by atoms with Crippen LogP contribution in [0.1, 0.15) is 31.9 Å². The fourth-order valence-corrected chi connectivity index (χ4v) is 2.97. The van der Waals surface area contributed by atoms with Gasteiger partial charge in [0.2, 0.25) is 0 Å². The Morgan fingerprint density at radius 3 is 2.32 bits per heavy atom. The number of ether oxygens (including phenoxy) is 1. The van der Waals surface area contributed by atoms with Crippen LogP contribution in [0.15, 0.2) is 40.2 Å². The van der Waals surface area contributed by atoms with Crippen LogP contribution in [0.4, 0.5) is 0 Å². The summed E-state index contributed by atoms with van der Waals surface area (Å²) in [5.74, 6) is -0.491. The predicted molar refractivity (Wildman–Crippen MR) is 105 cm³/mol. The predicted octanol–water partition coefficient (Wildman–Crippen LogP) is 1.47. The number of imidazole rings is 1. The van der Waals surface area contributed by atoms with E-state index in [1.54, 1.807) is 0 Å². The SMILES string of the molecule is Cn1c(=O)c2c(ncn2CC(=O)OCc2ccc(C(C)(C)C)cc2)n(C)c1=O. The normalized spacial score (nSPS) is 11.8. The number of benzene rings is 1. The van der Waals surface area contributed by atoms with Crippen LogP contribution in [0.25, 0.3) is 11.2 Å². The molecule has 1 aromatic carbocycles. The lowest BCUT2D eigenvalue weighted by atomic mass is 9.87. The van der Waals surface area contributed by atoms with Crippen molar-refractivity contribution >= 4 is 17.1 Å². The van der Waals surface area contributed by atoms with Crippen molar-refractivity contribution in [2.45, 2.75) is 39.3 Å². The minimum Gasteiger partial charge on any atom is -0.459 e. The smallest absolute Gasteiger partial charge is 0.332 e. The van der Waals surface area contributed by atoms with Crippen molar-refractivity contribution in [3.8, 4) is 0 Å². The van der Waals surface area contributed by atoms with Crippen LogP contribution in [0, 0.1) is 0 Å². The van der Waals surface area contributed by atoms with Gasteiger partial charge in [-0.3, -0.25) is 18.7 Å². The summed E-state index contributed by atoms with van der Waals surface area (Å²) in [5.41, 5.74) is 1.60. The molecular weight excluding hydrogens is 360 g/mol. The van der Waals surface area contributed by atoms with E-state index < -0.39 is 17.2 Å². The Morgan fingerprint density at radius 1 is 1.07 bits per heavy atom. The van der Waals surface area contributed by atoms with E-state index >= 15 is 0 Å². The maximum atomic E-state index is 12.4. The van der Waals surface area contributed by atoms with E-state index in [1.165, 1.54) is 35.1 Å². The molecule has 0 bridgehead atoms. The second-order valence-electron chi connectivity index (χ2n) is 7.86. The van der Waals surface area contributed by atoms with Crippen molar-refractivity contribution in [1.82, 2.24) is 18.7 Å².